The van der Waals surface area contributed by atoms with Gasteiger partial charge in [0.05, 0.1) is 0 Å². The molecule has 190 valence electrons. The first kappa shape index (κ1) is 27.7. The maximum atomic E-state index is 14.1. The van der Waals surface area contributed by atoms with Gasteiger partial charge >= 0.3 is 6.09 Å². The molecule has 2 rings (SSSR count). The molecule has 7 heteroatoms. The molecule has 3 amide bonds. The molecule has 1 aliphatic rings. The summed E-state index contributed by atoms with van der Waals surface area (Å²) in [5.74, 6) is -0.578. The molecule has 0 aromatic heterocycles. The highest BCUT2D eigenvalue weighted by molar-refractivity contribution is 5.92. The molecule has 1 aromatic rings. The highest BCUT2D eigenvalue weighted by atomic mass is 16.6. The summed E-state index contributed by atoms with van der Waals surface area (Å²) in [7, 11) is 0. The molecule has 1 saturated carbocycles. The van der Waals surface area contributed by atoms with Gasteiger partial charge in [-0.05, 0) is 72.3 Å². The van der Waals surface area contributed by atoms with E-state index in [1.54, 1.807) is 25.7 Å². The van der Waals surface area contributed by atoms with Crippen LogP contribution < -0.4 is 10.6 Å². The first-order chi connectivity index (χ1) is 15.8. The van der Waals surface area contributed by atoms with E-state index in [1.165, 1.54) is 0 Å². The summed E-state index contributed by atoms with van der Waals surface area (Å²) in [5.41, 5.74) is 1.12. The molecule has 0 saturated heterocycles. The van der Waals surface area contributed by atoms with Crippen LogP contribution >= 0.6 is 0 Å². The number of aryl methyl sites for hydroxylation is 1. The van der Waals surface area contributed by atoms with E-state index in [0.717, 1.165) is 30.4 Å². The van der Waals surface area contributed by atoms with Gasteiger partial charge in [-0.1, -0.05) is 50.1 Å². The first-order valence-corrected chi connectivity index (χ1v) is 12.5. The summed E-state index contributed by atoms with van der Waals surface area (Å²) in [6.07, 6.45) is 2.75. The third kappa shape index (κ3) is 7.47. The largest absolute Gasteiger partial charge is 0.444 e. The van der Waals surface area contributed by atoms with Crippen molar-refractivity contribution in [2.24, 2.45) is 5.92 Å². The van der Waals surface area contributed by atoms with Gasteiger partial charge in [0, 0.05) is 12.1 Å². The molecule has 0 heterocycles. The number of nitrogens with zero attached hydrogens (tertiary/aromatic N) is 1. The number of benzene rings is 1. The number of ether oxygens (including phenoxy) is 1. The fourth-order valence-electron chi connectivity index (χ4n) is 4.10. The van der Waals surface area contributed by atoms with Crippen LogP contribution in [0.25, 0.3) is 0 Å². The molecule has 0 radical (unpaired) electrons. The van der Waals surface area contributed by atoms with Gasteiger partial charge in [-0.25, -0.2) is 4.79 Å². The van der Waals surface area contributed by atoms with Crippen LogP contribution in [0.5, 0.6) is 0 Å². The Morgan fingerprint density at radius 1 is 1.12 bits per heavy atom. The van der Waals surface area contributed by atoms with Crippen LogP contribution in [0, 0.1) is 12.8 Å². The Labute approximate surface area is 205 Å². The van der Waals surface area contributed by atoms with E-state index in [9.17, 15) is 14.4 Å². The highest BCUT2D eigenvalue weighted by Gasteiger charge is 2.43. The smallest absolute Gasteiger partial charge is 0.408 e. The fourth-order valence-corrected chi connectivity index (χ4v) is 4.10. The quantitative estimate of drug-likeness (QED) is 0.535. The SMILES string of the molecule is CCC(C)C(NC(=O)OC(C)(C)C)C(=O)N(C1CCC1)C(C(=O)NC(C)C)c1cccc(C)c1. The van der Waals surface area contributed by atoms with Crippen molar-refractivity contribution in [1.82, 2.24) is 15.5 Å². The fraction of sp³-hybridized carbons (Fsp3) is 0.667. The molecular formula is C27H43N3O4. The molecule has 7 nitrogen and oxygen atoms in total. The normalized spacial score (nSPS) is 16.7. The average molecular weight is 474 g/mol. The van der Waals surface area contributed by atoms with E-state index in [0.29, 0.717) is 6.42 Å². The maximum absolute atomic E-state index is 14.1. The lowest BCUT2D eigenvalue weighted by molar-refractivity contribution is -0.148. The molecule has 34 heavy (non-hydrogen) atoms. The van der Waals surface area contributed by atoms with Gasteiger partial charge in [0.2, 0.25) is 11.8 Å². The number of hydrogen-bond acceptors (Lipinski definition) is 4. The molecule has 1 aliphatic carbocycles. The Bertz CT molecular complexity index is 858. The standard InChI is InChI=1S/C27H43N3O4/c1-9-19(5)22(29-26(33)34-27(6,7)8)25(32)30(21-14-11-15-21)23(24(31)28-17(2)3)20-13-10-12-18(4)16-20/h10,12-13,16-17,19,21-23H,9,11,14-15H2,1-8H3,(H,28,31)(H,29,33). The van der Waals surface area contributed by atoms with E-state index in [-0.39, 0.29) is 29.8 Å². The molecule has 3 atom stereocenters. The van der Waals surface area contributed by atoms with Crippen LogP contribution in [0.1, 0.15) is 91.3 Å². The minimum Gasteiger partial charge on any atom is -0.444 e. The van der Waals surface area contributed by atoms with Gasteiger partial charge in [0.15, 0.2) is 0 Å². The van der Waals surface area contributed by atoms with Crippen LogP contribution in [0.3, 0.4) is 0 Å². The van der Waals surface area contributed by atoms with Crippen LogP contribution in [0.4, 0.5) is 4.79 Å². The molecule has 1 aromatic carbocycles. The van der Waals surface area contributed by atoms with Crippen molar-refractivity contribution in [3.05, 3.63) is 35.4 Å². The van der Waals surface area contributed by atoms with Crippen LogP contribution in [-0.2, 0) is 14.3 Å². The predicted molar refractivity (Wildman–Crippen MR) is 134 cm³/mol. The Balaban J connectivity index is 2.50. The van der Waals surface area contributed by atoms with Crippen LogP contribution in [0.2, 0.25) is 0 Å². The summed E-state index contributed by atoms with van der Waals surface area (Å²) in [4.78, 5) is 42.0. The van der Waals surface area contributed by atoms with Crippen molar-refractivity contribution < 1.29 is 19.1 Å². The van der Waals surface area contributed by atoms with Crippen molar-refractivity contribution in [3.8, 4) is 0 Å². The highest BCUT2D eigenvalue weighted by Crippen LogP contribution is 2.34. The predicted octanol–water partition coefficient (Wildman–Crippen LogP) is 4.88. The van der Waals surface area contributed by atoms with E-state index in [4.69, 9.17) is 4.74 Å². The van der Waals surface area contributed by atoms with Crippen LogP contribution in [0.15, 0.2) is 24.3 Å². The first-order valence-electron chi connectivity index (χ1n) is 12.5. The Hall–Kier alpha value is -2.57. The van der Waals surface area contributed by atoms with E-state index >= 15 is 0 Å². The number of amides is 3. The summed E-state index contributed by atoms with van der Waals surface area (Å²) in [6, 6.07) is 6.06. The molecule has 0 aliphatic heterocycles. The minimum atomic E-state index is -0.792. The van der Waals surface area contributed by atoms with E-state index in [1.807, 2.05) is 58.9 Å². The zero-order chi connectivity index (χ0) is 25.6. The second kappa shape index (κ2) is 11.7. The molecular weight excluding hydrogens is 430 g/mol. The lowest BCUT2D eigenvalue weighted by Gasteiger charge is -2.44. The third-order valence-electron chi connectivity index (χ3n) is 6.19. The Kier molecular flexibility index (Phi) is 9.54. The Morgan fingerprint density at radius 3 is 2.24 bits per heavy atom. The van der Waals surface area contributed by atoms with Crippen molar-refractivity contribution in [2.75, 3.05) is 0 Å². The van der Waals surface area contributed by atoms with Crippen LogP contribution in [-0.4, -0.2) is 46.5 Å². The van der Waals surface area contributed by atoms with Crippen molar-refractivity contribution >= 4 is 17.9 Å². The van der Waals surface area contributed by atoms with Gasteiger partial charge in [0.1, 0.15) is 17.7 Å². The van der Waals surface area contributed by atoms with Crippen molar-refractivity contribution in [3.63, 3.8) is 0 Å². The molecule has 2 N–H and O–H groups in total. The number of alkyl carbamates (subject to hydrolysis) is 1. The Morgan fingerprint density at radius 2 is 1.76 bits per heavy atom. The summed E-state index contributed by atoms with van der Waals surface area (Å²) >= 11 is 0. The zero-order valence-electron chi connectivity index (χ0n) is 22.1. The average Bonchev–Trinajstić information content (AvgIpc) is 2.67. The number of hydrogen-bond donors (Lipinski definition) is 2. The van der Waals surface area contributed by atoms with Crippen molar-refractivity contribution in [2.45, 2.75) is 111 Å². The molecule has 0 bridgehead atoms. The lowest BCUT2D eigenvalue weighted by Crippen LogP contribution is -2.59. The molecule has 1 fully saturated rings. The molecule has 0 spiro atoms. The molecule has 3 unspecified atom stereocenters. The van der Waals surface area contributed by atoms with Gasteiger partial charge in [0.25, 0.3) is 0 Å². The van der Waals surface area contributed by atoms with Gasteiger partial charge in [-0.2, -0.15) is 0 Å². The number of rotatable bonds is 9. The number of carbonyl (C=O) groups is 3. The summed E-state index contributed by atoms with van der Waals surface area (Å²) < 4.78 is 5.45. The second-order valence-corrected chi connectivity index (χ2v) is 10.8. The minimum absolute atomic E-state index is 0.0529. The zero-order valence-corrected chi connectivity index (χ0v) is 22.1. The topological polar surface area (TPSA) is 87.7 Å². The number of carbonyl (C=O) groups excluding carboxylic acids is 3. The van der Waals surface area contributed by atoms with Gasteiger partial charge in [-0.3, -0.25) is 9.59 Å². The van der Waals surface area contributed by atoms with Crippen molar-refractivity contribution in [1.29, 1.82) is 0 Å². The van der Waals surface area contributed by atoms with Gasteiger partial charge < -0.3 is 20.3 Å². The van der Waals surface area contributed by atoms with Gasteiger partial charge in [-0.15, -0.1) is 0 Å². The number of nitrogens with one attached hydrogen (secondary N) is 2. The second-order valence-electron chi connectivity index (χ2n) is 10.8. The maximum Gasteiger partial charge on any atom is 0.408 e. The monoisotopic (exact) mass is 473 g/mol. The van der Waals surface area contributed by atoms with E-state index < -0.39 is 23.8 Å². The summed E-state index contributed by atoms with van der Waals surface area (Å²) in [6.45, 7) is 15.1. The third-order valence-corrected chi connectivity index (χ3v) is 6.19. The lowest BCUT2D eigenvalue weighted by atomic mass is 9.86. The summed E-state index contributed by atoms with van der Waals surface area (Å²) in [5, 5.41) is 5.83. The van der Waals surface area contributed by atoms with E-state index in [2.05, 4.69) is 10.6 Å².